The van der Waals surface area contributed by atoms with Crippen molar-refractivity contribution in [3.8, 4) is 0 Å². The van der Waals surface area contributed by atoms with E-state index in [0.717, 1.165) is 30.1 Å². The zero-order valence-electron chi connectivity index (χ0n) is 11.0. The molecular formula is C13H9F2N3O3S. The smallest absolute Gasteiger partial charge is 0.287 e. The second-order valence-corrected chi connectivity index (χ2v) is 5.07. The molecule has 22 heavy (non-hydrogen) atoms. The number of hydrogen-bond donors (Lipinski definition) is 1. The van der Waals surface area contributed by atoms with Gasteiger partial charge in [0.25, 0.3) is 5.69 Å². The summed E-state index contributed by atoms with van der Waals surface area (Å²) in [5.74, 6) is -2.18. The molecule has 0 fully saturated rings. The van der Waals surface area contributed by atoms with Crippen LogP contribution >= 0.6 is 11.8 Å². The van der Waals surface area contributed by atoms with Crippen molar-refractivity contribution < 1.29 is 18.5 Å². The van der Waals surface area contributed by atoms with Gasteiger partial charge in [0.05, 0.1) is 21.4 Å². The Hall–Kier alpha value is -2.55. The van der Waals surface area contributed by atoms with Crippen LogP contribution in [0.3, 0.4) is 0 Å². The van der Waals surface area contributed by atoms with Crippen molar-refractivity contribution in [3.05, 3.63) is 58.3 Å². The molecule has 0 spiro atoms. The van der Waals surface area contributed by atoms with Crippen LogP contribution in [0.15, 0.2) is 41.6 Å². The van der Waals surface area contributed by atoms with Crippen molar-refractivity contribution in [2.45, 2.75) is 5.03 Å². The van der Waals surface area contributed by atoms with E-state index in [0.29, 0.717) is 11.1 Å². The number of anilines is 1. The monoisotopic (exact) mass is 325 g/mol. The summed E-state index contributed by atoms with van der Waals surface area (Å²) in [6.07, 6.45) is 1.08. The van der Waals surface area contributed by atoms with E-state index in [2.05, 4.69) is 10.3 Å². The molecule has 1 N–H and O–H groups in total. The first-order valence-corrected chi connectivity index (χ1v) is 6.92. The molecular weight excluding hydrogens is 316 g/mol. The SMILES string of the molecule is O=C(CSc1ccc([N+](=O)[O-])cn1)Nc1ccc(F)cc1F. The highest BCUT2D eigenvalue weighted by Gasteiger charge is 2.10. The fourth-order valence-corrected chi connectivity index (χ4v) is 2.13. The molecule has 2 aromatic rings. The molecule has 2 rings (SSSR count). The molecule has 0 saturated carbocycles. The molecule has 1 amide bonds. The Morgan fingerprint density at radius 3 is 2.68 bits per heavy atom. The number of rotatable bonds is 5. The van der Waals surface area contributed by atoms with Crippen LogP contribution in [0.4, 0.5) is 20.2 Å². The van der Waals surface area contributed by atoms with E-state index in [1.54, 1.807) is 0 Å². The number of nitrogens with zero attached hydrogens (tertiary/aromatic N) is 2. The van der Waals surface area contributed by atoms with Gasteiger partial charge >= 0.3 is 0 Å². The van der Waals surface area contributed by atoms with E-state index in [1.165, 1.54) is 12.1 Å². The molecule has 1 aromatic carbocycles. The topological polar surface area (TPSA) is 85.1 Å². The summed E-state index contributed by atoms with van der Waals surface area (Å²) < 4.78 is 26.1. The third kappa shape index (κ3) is 4.22. The number of carbonyl (C=O) groups excluding carboxylic acids is 1. The van der Waals surface area contributed by atoms with E-state index < -0.39 is 22.5 Å². The lowest BCUT2D eigenvalue weighted by Gasteiger charge is -2.06. The van der Waals surface area contributed by atoms with Crippen LogP contribution in [0.25, 0.3) is 0 Å². The number of benzene rings is 1. The van der Waals surface area contributed by atoms with E-state index in [9.17, 15) is 23.7 Å². The van der Waals surface area contributed by atoms with E-state index in [1.807, 2.05) is 0 Å². The minimum atomic E-state index is -0.869. The number of halogens is 2. The number of carbonyl (C=O) groups is 1. The summed E-state index contributed by atoms with van der Waals surface area (Å²) in [6, 6.07) is 5.50. The first-order valence-electron chi connectivity index (χ1n) is 5.94. The average Bonchev–Trinajstić information content (AvgIpc) is 2.48. The van der Waals surface area contributed by atoms with Crippen molar-refractivity contribution in [2.24, 2.45) is 0 Å². The van der Waals surface area contributed by atoms with Crippen molar-refractivity contribution in [2.75, 3.05) is 11.1 Å². The van der Waals surface area contributed by atoms with Crippen molar-refractivity contribution in [1.29, 1.82) is 0 Å². The number of thioether (sulfide) groups is 1. The van der Waals surface area contributed by atoms with Crippen LogP contribution in [-0.2, 0) is 4.79 Å². The normalized spacial score (nSPS) is 10.3. The number of nitro groups is 1. The standard InChI is InChI=1S/C13H9F2N3O3S/c14-8-1-3-11(10(15)5-8)17-12(19)7-22-13-4-2-9(6-16-13)18(20)21/h1-6H,7H2,(H,17,19). The first kappa shape index (κ1) is 15.8. The highest BCUT2D eigenvalue weighted by atomic mass is 32.2. The minimum Gasteiger partial charge on any atom is -0.323 e. The van der Waals surface area contributed by atoms with Gasteiger partial charge in [0, 0.05) is 12.1 Å². The van der Waals surface area contributed by atoms with Crippen molar-refractivity contribution >= 4 is 29.0 Å². The van der Waals surface area contributed by atoms with Gasteiger partial charge in [0.2, 0.25) is 5.91 Å². The van der Waals surface area contributed by atoms with Gasteiger partial charge in [-0.25, -0.2) is 13.8 Å². The molecule has 0 aliphatic heterocycles. The lowest BCUT2D eigenvalue weighted by molar-refractivity contribution is -0.385. The van der Waals surface area contributed by atoms with Crippen molar-refractivity contribution in [3.63, 3.8) is 0 Å². The predicted octanol–water partition coefficient (Wildman–Crippen LogP) is 3.00. The second-order valence-electron chi connectivity index (χ2n) is 4.07. The van der Waals surface area contributed by atoms with E-state index in [4.69, 9.17) is 0 Å². The molecule has 1 aromatic heterocycles. The Morgan fingerprint density at radius 2 is 2.09 bits per heavy atom. The van der Waals surface area contributed by atoms with Crippen LogP contribution in [0, 0.1) is 21.7 Å². The third-order valence-corrected chi connectivity index (χ3v) is 3.43. The Kier molecular flexibility index (Phi) is 4.99. The lowest BCUT2D eigenvalue weighted by atomic mass is 10.3. The van der Waals surface area contributed by atoms with E-state index >= 15 is 0 Å². The summed E-state index contributed by atoms with van der Waals surface area (Å²) >= 11 is 1.03. The Balaban J connectivity index is 1.91. The first-order chi connectivity index (χ1) is 10.5. The lowest BCUT2D eigenvalue weighted by Crippen LogP contribution is -2.15. The van der Waals surface area contributed by atoms with Crippen LogP contribution in [0.1, 0.15) is 0 Å². The number of nitrogens with one attached hydrogen (secondary N) is 1. The number of pyridine rings is 1. The molecule has 0 atom stereocenters. The quantitative estimate of drug-likeness (QED) is 0.519. The van der Waals surface area contributed by atoms with Gasteiger partial charge in [-0.2, -0.15) is 0 Å². The highest BCUT2D eigenvalue weighted by Crippen LogP contribution is 2.19. The van der Waals surface area contributed by atoms with Gasteiger partial charge in [0.1, 0.15) is 17.8 Å². The molecule has 1 heterocycles. The Bertz CT molecular complexity index is 710. The molecule has 0 aliphatic rings. The van der Waals surface area contributed by atoms with Gasteiger partial charge in [-0.3, -0.25) is 14.9 Å². The summed E-state index contributed by atoms with van der Waals surface area (Å²) in [7, 11) is 0. The zero-order valence-corrected chi connectivity index (χ0v) is 11.8. The second kappa shape index (κ2) is 6.94. The summed E-state index contributed by atoms with van der Waals surface area (Å²) in [5.41, 5.74) is -0.272. The van der Waals surface area contributed by atoms with Crippen LogP contribution in [-0.4, -0.2) is 21.6 Å². The highest BCUT2D eigenvalue weighted by molar-refractivity contribution is 7.99. The average molecular weight is 325 g/mol. The summed E-state index contributed by atoms with van der Waals surface area (Å²) in [5, 5.41) is 13.2. The Morgan fingerprint density at radius 1 is 1.32 bits per heavy atom. The van der Waals surface area contributed by atoms with Gasteiger partial charge in [-0.15, -0.1) is 0 Å². The fraction of sp³-hybridized carbons (Fsp3) is 0.0769. The number of aromatic nitrogens is 1. The maximum atomic E-state index is 13.4. The molecule has 0 saturated heterocycles. The molecule has 114 valence electrons. The van der Waals surface area contributed by atoms with Crippen LogP contribution in [0.5, 0.6) is 0 Å². The third-order valence-electron chi connectivity index (χ3n) is 2.49. The van der Waals surface area contributed by atoms with Crippen LogP contribution in [0.2, 0.25) is 0 Å². The molecule has 9 heteroatoms. The number of amides is 1. The van der Waals surface area contributed by atoms with E-state index in [-0.39, 0.29) is 17.1 Å². The molecule has 0 radical (unpaired) electrons. The molecule has 6 nitrogen and oxygen atoms in total. The molecule has 0 bridgehead atoms. The van der Waals surface area contributed by atoms with Gasteiger partial charge in [-0.1, -0.05) is 11.8 Å². The summed E-state index contributed by atoms with van der Waals surface area (Å²) in [4.78, 5) is 25.4. The van der Waals surface area contributed by atoms with Gasteiger partial charge in [-0.05, 0) is 18.2 Å². The molecule has 0 unspecified atom stereocenters. The minimum absolute atomic E-state index is 0.0678. The molecule has 0 aliphatic carbocycles. The predicted molar refractivity (Wildman–Crippen MR) is 76.6 cm³/mol. The van der Waals surface area contributed by atoms with Crippen LogP contribution < -0.4 is 5.32 Å². The number of hydrogen-bond acceptors (Lipinski definition) is 5. The maximum Gasteiger partial charge on any atom is 0.287 e. The summed E-state index contributed by atoms with van der Waals surface area (Å²) in [6.45, 7) is 0. The largest absolute Gasteiger partial charge is 0.323 e. The van der Waals surface area contributed by atoms with Crippen molar-refractivity contribution in [1.82, 2.24) is 4.98 Å². The zero-order chi connectivity index (χ0) is 16.1. The Labute approximate surface area is 127 Å². The van der Waals surface area contributed by atoms with Gasteiger partial charge in [0.15, 0.2) is 0 Å². The van der Waals surface area contributed by atoms with Gasteiger partial charge < -0.3 is 5.32 Å². The maximum absolute atomic E-state index is 13.4. The fourth-order valence-electron chi connectivity index (χ4n) is 1.48.